The highest BCUT2D eigenvalue weighted by Gasteiger charge is 2.08. The Morgan fingerprint density at radius 2 is 2.28 bits per heavy atom. The summed E-state index contributed by atoms with van der Waals surface area (Å²) in [4.78, 5) is 12.0. The first kappa shape index (κ1) is 12.2. The molecule has 0 fully saturated rings. The lowest BCUT2D eigenvalue weighted by Crippen LogP contribution is -2.12. The summed E-state index contributed by atoms with van der Waals surface area (Å²) in [7, 11) is 1.80. The molecule has 1 heterocycles. The molecule has 0 aliphatic rings. The molecule has 1 amide bonds. The Balaban J connectivity index is 2.11. The van der Waals surface area contributed by atoms with Crippen LogP contribution in [0.2, 0.25) is 0 Å². The average molecular weight is 245 g/mol. The fourth-order valence-electron chi connectivity index (χ4n) is 1.56. The maximum Gasteiger partial charge on any atom is 0.256 e. The molecule has 0 unspecified atom stereocenters. The number of aromatic nitrogens is 2. The highest BCUT2D eigenvalue weighted by atomic mass is 16.5. The van der Waals surface area contributed by atoms with Crippen LogP contribution in [0.15, 0.2) is 36.5 Å². The fraction of sp³-hybridized carbons (Fsp3) is 0.231. The number of ether oxygens (including phenoxy) is 1. The lowest BCUT2D eigenvalue weighted by molar-refractivity contribution is 0.102. The van der Waals surface area contributed by atoms with E-state index in [0.29, 0.717) is 23.7 Å². The van der Waals surface area contributed by atoms with Crippen molar-refractivity contribution in [3.63, 3.8) is 0 Å². The van der Waals surface area contributed by atoms with E-state index in [1.165, 1.54) is 0 Å². The lowest BCUT2D eigenvalue weighted by atomic mass is 10.2. The monoisotopic (exact) mass is 245 g/mol. The van der Waals surface area contributed by atoms with Crippen molar-refractivity contribution in [2.45, 2.75) is 6.92 Å². The first-order valence-electron chi connectivity index (χ1n) is 5.73. The number of hydrogen-bond donors (Lipinski definition) is 1. The zero-order valence-electron chi connectivity index (χ0n) is 10.4. The van der Waals surface area contributed by atoms with Crippen molar-refractivity contribution >= 4 is 11.7 Å². The molecular weight excluding hydrogens is 230 g/mol. The summed E-state index contributed by atoms with van der Waals surface area (Å²) in [6, 6.07) is 8.80. The molecule has 2 aromatic rings. The van der Waals surface area contributed by atoms with Crippen LogP contribution in [0.4, 0.5) is 5.82 Å². The second-order valence-corrected chi connectivity index (χ2v) is 3.79. The van der Waals surface area contributed by atoms with Crippen molar-refractivity contribution < 1.29 is 9.53 Å². The zero-order valence-corrected chi connectivity index (χ0v) is 10.4. The number of nitrogens with one attached hydrogen (secondary N) is 1. The molecule has 0 saturated carbocycles. The van der Waals surface area contributed by atoms with Gasteiger partial charge in [-0.2, -0.15) is 5.10 Å². The Morgan fingerprint density at radius 1 is 1.44 bits per heavy atom. The van der Waals surface area contributed by atoms with Crippen LogP contribution in [-0.4, -0.2) is 22.3 Å². The van der Waals surface area contributed by atoms with Crippen LogP contribution in [0.25, 0.3) is 0 Å². The van der Waals surface area contributed by atoms with Gasteiger partial charge >= 0.3 is 0 Å². The van der Waals surface area contributed by atoms with Gasteiger partial charge in [0.15, 0.2) is 5.82 Å². The molecule has 0 saturated heterocycles. The number of nitrogens with zero attached hydrogens (tertiary/aromatic N) is 2. The third-order valence-electron chi connectivity index (χ3n) is 2.36. The Kier molecular flexibility index (Phi) is 3.62. The topological polar surface area (TPSA) is 56.1 Å². The van der Waals surface area contributed by atoms with Crippen molar-refractivity contribution in [2.24, 2.45) is 7.05 Å². The van der Waals surface area contributed by atoms with Gasteiger partial charge in [0.25, 0.3) is 5.91 Å². The molecule has 0 spiro atoms. The van der Waals surface area contributed by atoms with Crippen molar-refractivity contribution in [1.29, 1.82) is 0 Å². The molecule has 0 bridgehead atoms. The molecule has 1 N–H and O–H groups in total. The standard InChI is InChI=1S/C13H15N3O2/c1-3-18-11-6-4-5-10(9-11)13(17)14-12-7-8-16(2)15-12/h4-9H,3H2,1-2H3,(H,14,15,17). The molecule has 5 heteroatoms. The summed E-state index contributed by atoms with van der Waals surface area (Å²) < 4.78 is 6.98. The SMILES string of the molecule is CCOc1cccc(C(=O)Nc2ccn(C)n2)c1. The van der Waals surface area contributed by atoms with Crippen LogP contribution in [0.5, 0.6) is 5.75 Å². The van der Waals surface area contributed by atoms with Crippen LogP contribution < -0.4 is 10.1 Å². The molecule has 2 rings (SSSR count). The molecule has 1 aromatic carbocycles. The minimum Gasteiger partial charge on any atom is -0.494 e. The predicted octanol–water partition coefficient (Wildman–Crippen LogP) is 2.07. The molecule has 0 radical (unpaired) electrons. The number of anilines is 1. The van der Waals surface area contributed by atoms with E-state index < -0.39 is 0 Å². The van der Waals surface area contributed by atoms with Gasteiger partial charge in [-0.05, 0) is 25.1 Å². The minimum absolute atomic E-state index is 0.199. The molecule has 5 nitrogen and oxygen atoms in total. The first-order valence-corrected chi connectivity index (χ1v) is 5.73. The Bertz CT molecular complexity index is 549. The van der Waals surface area contributed by atoms with E-state index in [1.54, 1.807) is 42.2 Å². The summed E-state index contributed by atoms with van der Waals surface area (Å²) >= 11 is 0. The predicted molar refractivity (Wildman–Crippen MR) is 68.8 cm³/mol. The Labute approximate surface area is 105 Å². The summed E-state index contributed by atoms with van der Waals surface area (Å²) in [6.45, 7) is 2.48. The smallest absolute Gasteiger partial charge is 0.256 e. The van der Waals surface area contributed by atoms with Crippen LogP contribution in [0.3, 0.4) is 0 Å². The van der Waals surface area contributed by atoms with E-state index in [2.05, 4.69) is 10.4 Å². The zero-order chi connectivity index (χ0) is 13.0. The van der Waals surface area contributed by atoms with Gasteiger partial charge < -0.3 is 10.1 Å². The fourth-order valence-corrected chi connectivity index (χ4v) is 1.56. The Morgan fingerprint density at radius 3 is 2.94 bits per heavy atom. The number of carbonyl (C=O) groups excluding carboxylic acids is 1. The second-order valence-electron chi connectivity index (χ2n) is 3.79. The number of carbonyl (C=O) groups is 1. The van der Waals surface area contributed by atoms with Crippen LogP contribution in [0.1, 0.15) is 17.3 Å². The largest absolute Gasteiger partial charge is 0.494 e. The maximum atomic E-state index is 12.0. The van der Waals surface area contributed by atoms with Gasteiger partial charge in [-0.1, -0.05) is 6.07 Å². The average Bonchev–Trinajstić information content (AvgIpc) is 2.75. The van der Waals surface area contributed by atoms with Gasteiger partial charge in [-0.25, -0.2) is 0 Å². The third kappa shape index (κ3) is 2.88. The van der Waals surface area contributed by atoms with Crippen LogP contribution in [-0.2, 0) is 7.05 Å². The quantitative estimate of drug-likeness (QED) is 0.897. The molecule has 0 atom stereocenters. The third-order valence-corrected chi connectivity index (χ3v) is 2.36. The molecular formula is C13H15N3O2. The molecule has 18 heavy (non-hydrogen) atoms. The number of aryl methyl sites for hydroxylation is 1. The van der Waals surface area contributed by atoms with Gasteiger partial charge in [0.1, 0.15) is 5.75 Å². The van der Waals surface area contributed by atoms with Gasteiger partial charge in [0.05, 0.1) is 6.61 Å². The Hall–Kier alpha value is -2.30. The second kappa shape index (κ2) is 5.35. The summed E-state index contributed by atoms with van der Waals surface area (Å²) in [5.74, 6) is 1.02. The van der Waals surface area contributed by atoms with Crippen molar-refractivity contribution in [1.82, 2.24) is 9.78 Å². The molecule has 1 aromatic heterocycles. The lowest BCUT2D eigenvalue weighted by Gasteiger charge is -2.05. The van der Waals surface area contributed by atoms with Gasteiger partial charge in [-0.3, -0.25) is 9.48 Å². The number of rotatable bonds is 4. The molecule has 0 aliphatic heterocycles. The van der Waals surface area contributed by atoms with Gasteiger partial charge in [0.2, 0.25) is 0 Å². The highest BCUT2D eigenvalue weighted by Crippen LogP contribution is 2.14. The number of benzene rings is 1. The van der Waals surface area contributed by atoms with E-state index in [9.17, 15) is 4.79 Å². The van der Waals surface area contributed by atoms with E-state index in [-0.39, 0.29) is 5.91 Å². The van der Waals surface area contributed by atoms with Crippen molar-refractivity contribution in [3.05, 3.63) is 42.1 Å². The molecule has 94 valence electrons. The number of amides is 1. The van der Waals surface area contributed by atoms with Crippen molar-refractivity contribution in [2.75, 3.05) is 11.9 Å². The summed E-state index contributed by atoms with van der Waals surface area (Å²) in [5.41, 5.74) is 0.548. The van der Waals surface area contributed by atoms with Crippen LogP contribution in [0, 0.1) is 0 Å². The van der Waals surface area contributed by atoms with E-state index in [1.807, 2.05) is 13.0 Å². The first-order chi connectivity index (χ1) is 8.69. The van der Waals surface area contributed by atoms with E-state index >= 15 is 0 Å². The van der Waals surface area contributed by atoms with Crippen molar-refractivity contribution in [3.8, 4) is 5.75 Å². The van der Waals surface area contributed by atoms with Gasteiger partial charge in [0, 0.05) is 24.9 Å². The minimum atomic E-state index is -0.199. The highest BCUT2D eigenvalue weighted by molar-refractivity contribution is 6.03. The van der Waals surface area contributed by atoms with E-state index in [0.717, 1.165) is 0 Å². The maximum absolute atomic E-state index is 12.0. The summed E-state index contributed by atoms with van der Waals surface area (Å²) in [6.07, 6.45) is 1.77. The van der Waals surface area contributed by atoms with Crippen LogP contribution >= 0.6 is 0 Å². The number of hydrogen-bond acceptors (Lipinski definition) is 3. The summed E-state index contributed by atoms with van der Waals surface area (Å²) in [5, 5.41) is 6.81. The van der Waals surface area contributed by atoms with Gasteiger partial charge in [-0.15, -0.1) is 0 Å². The normalized spacial score (nSPS) is 10.1. The van der Waals surface area contributed by atoms with E-state index in [4.69, 9.17) is 4.74 Å². The molecule has 0 aliphatic carbocycles.